The zero-order valence-electron chi connectivity index (χ0n) is 11.6. The molecule has 0 saturated carbocycles. The predicted molar refractivity (Wildman–Crippen MR) is 75.0 cm³/mol. The maximum Gasteiger partial charge on any atom is 0.228 e. The fourth-order valence-electron chi connectivity index (χ4n) is 1.79. The highest BCUT2D eigenvalue weighted by molar-refractivity contribution is 5.81. The number of carbonyl (C=O) groups excluding carboxylic acids is 1. The highest BCUT2D eigenvalue weighted by atomic mass is 16.2. The summed E-state index contributed by atoms with van der Waals surface area (Å²) in [7, 11) is 0. The molecule has 0 spiro atoms. The zero-order valence-corrected chi connectivity index (χ0v) is 11.6. The Morgan fingerprint density at radius 3 is 2.39 bits per heavy atom. The van der Waals surface area contributed by atoms with Crippen molar-refractivity contribution in [1.82, 2.24) is 4.90 Å². The van der Waals surface area contributed by atoms with E-state index < -0.39 is 0 Å². The summed E-state index contributed by atoms with van der Waals surface area (Å²) in [6.07, 6.45) is 0.835. The van der Waals surface area contributed by atoms with E-state index in [1.54, 1.807) is 0 Å². The van der Waals surface area contributed by atoms with Gasteiger partial charge in [-0.15, -0.1) is 0 Å². The topological polar surface area (TPSA) is 46.3 Å². The van der Waals surface area contributed by atoms with Gasteiger partial charge in [-0.25, -0.2) is 0 Å². The lowest BCUT2D eigenvalue weighted by Crippen LogP contribution is -2.42. The van der Waals surface area contributed by atoms with Crippen LogP contribution in [0.2, 0.25) is 0 Å². The molecule has 2 N–H and O–H groups in total. The lowest BCUT2D eigenvalue weighted by Gasteiger charge is -2.31. The van der Waals surface area contributed by atoms with Gasteiger partial charge in [0.2, 0.25) is 5.91 Å². The van der Waals surface area contributed by atoms with Crippen molar-refractivity contribution in [3.63, 3.8) is 0 Å². The third-order valence-electron chi connectivity index (χ3n) is 3.37. The van der Waals surface area contributed by atoms with Gasteiger partial charge < -0.3 is 10.6 Å². The number of nitrogens with zero attached hydrogens (tertiary/aromatic N) is 1. The van der Waals surface area contributed by atoms with Gasteiger partial charge in [-0.1, -0.05) is 51.1 Å². The van der Waals surface area contributed by atoms with Crippen LogP contribution >= 0.6 is 0 Å². The average molecular weight is 248 g/mol. The van der Waals surface area contributed by atoms with Crippen molar-refractivity contribution in [1.29, 1.82) is 0 Å². The van der Waals surface area contributed by atoms with E-state index in [1.165, 1.54) is 0 Å². The number of nitrogens with two attached hydrogens (primary N) is 1. The van der Waals surface area contributed by atoms with Gasteiger partial charge >= 0.3 is 0 Å². The number of amides is 1. The fourth-order valence-corrected chi connectivity index (χ4v) is 1.79. The lowest BCUT2D eigenvalue weighted by molar-refractivity contribution is -0.141. The molecule has 0 unspecified atom stereocenters. The minimum absolute atomic E-state index is 0.180. The largest absolute Gasteiger partial charge is 0.337 e. The summed E-state index contributed by atoms with van der Waals surface area (Å²) in [6, 6.07) is 10.0. The molecular weight excluding hydrogens is 224 g/mol. The second-order valence-corrected chi connectivity index (χ2v) is 5.24. The van der Waals surface area contributed by atoms with Crippen LogP contribution in [0.25, 0.3) is 0 Å². The molecule has 0 aliphatic carbocycles. The first-order valence-electron chi connectivity index (χ1n) is 6.54. The minimum atomic E-state index is -0.316. The van der Waals surface area contributed by atoms with Crippen molar-refractivity contribution in [2.45, 2.75) is 33.7 Å². The Morgan fingerprint density at radius 1 is 1.28 bits per heavy atom. The van der Waals surface area contributed by atoms with Crippen LogP contribution in [0.1, 0.15) is 32.8 Å². The molecule has 0 atom stereocenters. The number of hydrogen-bond donors (Lipinski definition) is 1. The van der Waals surface area contributed by atoms with E-state index in [9.17, 15) is 4.79 Å². The van der Waals surface area contributed by atoms with Crippen molar-refractivity contribution in [3.8, 4) is 0 Å². The molecule has 1 aromatic rings. The Bertz CT molecular complexity index is 373. The monoisotopic (exact) mass is 248 g/mol. The molecule has 0 aromatic heterocycles. The first-order chi connectivity index (χ1) is 8.51. The van der Waals surface area contributed by atoms with Crippen molar-refractivity contribution in [2.24, 2.45) is 11.1 Å². The smallest absolute Gasteiger partial charge is 0.228 e. The number of benzene rings is 1. The second kappa shape index (κ2) is 6.55. The Hall–Kier alpha value is -1.35. The lowest BCUT2D eigenvalue weighted by atomic mass is 9.88. The van der Waals surface area contributed by atoms with Crippen LogP contribution in [0.4, 0.5) is 0 Å². The SMILES string of the molecule is CCC(C)(C)C(=O)N(CCN)Cc1ccccc1. The highest BCUT2D eigenvalue weighted by Gasteiger charge is 2.29. The molecular formula is C15H24N2O. The summed E-state index contributed by atoms with van der Waals surface area (Å²) < 4.78 is 0. The Labute approximate surface area is 110 Å². The summed E-state index contributed by atoms with van der Waals surface area (Å²) in [5.41, 5.74) is 6.44. The highest BCUT2D eigenvalue weighted by Crippen LogP contribution is 2.23. The molecule has 100 valence electrons. The molecule has 0 aliphatic heterocycles. The summed E-state index contributed by atoms with van der Waals surface area (Å²) in [4.78, 5) is 14.3. The van der Waals surface area contributed by atoms with Gasteiger partial charge in [0.1, 0.15) is 0 Å². The quantitative estimate of drug-likeness (QED) is 0.840. The number of carbonyl (C=O) groups is 1. The van der Waals surface area contributed by atoms with E-state index in [-0.39, 0.29) is 11.3 Å². The van der Waals surface area contributed by atoms with Gasteiger partial charge in [0.15, 0.2) is 0 Å². The van der Waals surface area contributed by atoms with Gasteiger partial charge in [-0.3, -0.25) is 4.79 Å². The Kier molecular flexibility index (Phi) is 5.35. The molecule has 0 heterocycles. The summed E-state index contributed by atoms with van der Waals surface area (Å²) in [5, 5.41) is 0. The Morgan fingerprint density at radius 2 is 1.89 bits per heavy atom. The normalized spacial score (nSPS) is 11.3. The minimum Gasteiger partial charge on any atom is -0.337 e. The molecule has 0 saturated heterocycles. The van der Waals surface area contributed by atoms with E-state index >= 15 is 0 Å². The van der Waals surface area contributed by atoms with Crippen LogP contribution in [0.15, 0.2) is 30.3 Å². The predicted octanol–water partition coefficient (Wildman–Crippen LogP) is 2.41. The summed E-state index contributed by atoms with van der Waals surface area (Å²) in [6.45, 7) is 7.77. The van der Waals surface area contributed by atoms with E-state index in [0.29, 0.717) is 19.6 Å². The molecule has 1 rings (SSSR count). The first-order valence-corrected chi connectivity index (χ1v) is 6.54. The standard InChI is InChI=1S/C15H24N2O/c1-4-15(2,3)14(18)17(11-10-16)12-13-8-6-5-7-9-13/h5-9H,4,10-12,16H2,1-3H3. The van der Waals surface area contributed by atoms with E-state index in [2.05, 4.69) is 0 Å². The van der Waals surface area contributed by atoms with Crippen molar-refractivity contribution >= 4 is 5.91 Å². The molecule has 0 radical (unpaired) electrons. The van der Waals surface area contributed by atoms with Crippen LogP contribution in [-0.4, -0.2) is 23.9 Å². The summed E-state index contributed by atoms with van der Waals surface area (Å²) in [5.74, 6) is 0.180. The van der Waals surface area contributed by atoms with E-state index in [1.807, 2.05) is 56.0 Å². The third kappa shape index (κ3) is 3.84. The van der Waals surface area contributed by atoms with E-state index in [0.717, 1.165) is 12.0 Å². The van der Waals surface area contributed by atoms with Gasteiger partial charge in [-0.2, -0.15) is 0 Å². The third-order valence-corrected chi connectivity index (χ3v) is 3.37. The van der Waals surface area contributed by atoms with Crippen LogP contribution in [0.3, 0.4) is 0 Å². The van der Waals surface area contributed by atoms with Crippen LogP contribution in [-0.2, 0) is 11.3 Å². The maximum atomic E-state index is 12.5. The molecule has 18 heavy (non-hydrogen) atoms. The molecule has 0 fully saturated rings. The van der Waals surface area contributed by atoms with Gasteiger partial charge in [0.05, 0.1) is 0 Å². The average Bonchev–Trinajstić information content (AvgIpc) is 2.38. The van der Waals surface area contributed by atoms with Gasteiger partial charge in [-0.05, 0) is 12.0 Å². The number of hydrogen-bond acceptors (Lipinski definition) is 2. The van der Waals surface area contributed by atoms with Crippen molar-refractivity contribution in [3.05, 3.63) is 35.9 Å². The Balaban J connectivity index is 2.80. The zero-order chi connectivity index (χ0) is 13.6. The molecule has 3 nitrogen and oxygen atoms in total. The van der Waals surface area contributed by atoms with Crippen molar-refractivity contribution < 1.29 is 4.79 Å². The van der Waals surface area contributed by atoms with Crippen LogP contribution in [0.5, 0.6) is 0 Å². The van der Waals surface area contributed by atoms with Crippen LogP contribution < -0.4 is 5.73 Å². The van der Waals surface area contributed by atoms with Crippen molar-refractivity contribution in [2.75, 3.05) is 13.1 Å². The molecule has 3 heteroatoms. The molecule has 0 bridgehead atoms. The second-order valence-electron chi connectivity index (χ2n) is 5.24. The maximum absolute atomic E-state index is 12.5. The molecule has 1 amide bonds. The fraction of sp³-hybridized carbons (Fsp3) is 0.533. The molecule has 0 aliphatic rings. The van der Waals surface area contributed by atoms with E-state index in [4.69, 9.17) is 5.73 Å². The van der Waals surface area contributed by atoms with Gasteiger partial charge in [0, 0.05) is 25.0 Å². The number of rotatable bonds is 6. The summed E-state index contributed by atoms with van der Waals surface area (Å²) >= 11 is 0. The first kappa shape index (κ1) is 14.7. The molecule has 1 aromatic carbocycles. The van der Waals surface area contributed by atoms with Gasteiger partial charge in [0.25, 0.3) is 0 Å². The van der Waals surface area contributed by atoms with Crippen LogP contribution in [0, 0.1) is 5.41 Å².